The van der Waals surface area contributed by atoms with Crippen LogP contribution in [0, 0.1) is 59.2 Å². The minimum atomic E-state index is -1.48. The molecule has 5 heteroatoms. The molecule has 0 bridgehead atoms. The molecule has 2 atom stereocenters. The van der Waals surface area contributed by atoms with E-state index in [-0.39, 0.29) is 17.5 Å². The molecular formula is C19H18N4S. The maximum absolute atomic E-state index is 9.93. The van der Waals surface area contributed by atoms with Crippen LogP contribution in [-0.4, -0.2) is 0 Å². The lowest BCUT2D eigenvalue weighted by Crippen LogP contribution is -2.42. The molecule has 0 amide bonds. The second-order valence-corrected chi connectivity index (χ2v) is 7.94. The minimum Gasteiger partial charge on any atom is -0.399 e. The van der Waals surface area contributed by atoms with Crippen LogP contribution < -0.4 is 5.73 Å². The summed E-state index contributed by atoms with van der Waals surface area (Å²) in [6.45, 7) is 4.06. The van der Waals surface area contributed by atoms with Crippen LogP contribution >= 0.6 is 11.3 Å². The first-order valence-corrected chi connectivity index (χ1v) is 8.82. The van der Waals surface area contributed by atoms with Gasteiger partial charge in [0.25, 0.3) is 0 Å². The lowest BCUT2D eigenvalue weighted by atomic mass is 9.57. The Labute approximate surface area is 146 Å². The molecule has 0 saturated heterocycles. The van der Waals surface area contributed by atoms with Gasteiger partial charge in [0.15, 0.2) is 5.41 Å². The van der Waals surface area contributed by atoms with Gasteiger partial charge in [0.05, 0.1) is 23.4 Å². The van der Waals surface area contributed by atoms with Crippen LogP contribution in [0.5, 0.6) is 0 Å². The summed E-state index contributed by atoms with van der Waals surface area (Å²) in [7, 11) is 0. The van der Waals surface area contributed by atoms with Gasteiger partial charge in [-0.05, 0) is 56.2 Å². The lowest BCUT2D eigenvalue weighted by molar-refractivity contribution is 0.317. The van der Waals surface area contributed by atoms with Crippen LogP contribution in [0.3, 0.4) is 0 Å². The Balaban J connectivity index is 2.36. The number of nitriles is 3. The summed E-state index contributed by atoms with van der Waals surface area (Å²) in [5, 5.41) is 29.5. The zero-order chi connectivity index (χ0) is 17.5. The highest BCUT2D eigenvalue weighted by molar-refractivity contribution is 7.12. The summed E-state index contributed by atoms with van der Waals surface area (Å²) in [4.78, 5) is 2.27. The van der Waals surface area contributed by atoms with E-state index in [1.165, 1.54) is 0 Å². The summed E-state index contributed by atoms with van der Waals surface area (Å²) in [5.74, 6) is -0.325. The Morgan fingerprint density at radius 3 is 2.50 bits per heavy atom. The predicted molar refractivity (Wildman–Crippen MR) is 92.4 cm³/mol. The van der Waals surface area contributed by atoms with Crippen molar-refractivity contribution in [1.29, 1.82) is 15.8 Å². The molecule has 0 aromatic carbocycles. The van der Waals surface area contributed by atoms with Crippen LogP contribution in [0.15, 0.2) is 29.0 Å². The summed E-state index contributed by atoms with van der Waals surface area (Å²) >= 11 is 1.67. The van der Waals surface area contributed by atoms with Crippen LogP contribution in [-0.2, 0) is 0 Å². The number of fused-ring (bicyclic) bond motifs is 1. The molecule has 0 aliphatic heterocycles. The Morgan fingerprint density at radius 2 is 1.96 bits per heavy atom. The molecule has 2 unspecified atom stereocenters. The van der Waals surface area contributed by atoms with Crippen molar-refractivity contribution in [3.8, 4) is 18.2 Å². The van der Waals surface area contributed by atoms with Crippen LogP contribution in [0.4, 0.5) is 0 Å². The maximum Gasteiger partial charge on any atom is 0.191 e. The van der Waals surface area contributed by atoms with Crippen LogP contribution in [0.1, 0.15) is 40.5 Å². The van der Waals surface area contributed by atoms with E-state index in [0.29, 0.717) is 5.57 Å². The van der Waals surface area contributed by atoms with E-state index in [0.717, 1.165) is 40.2 Å². The fourth-order valence-corrected chi connectivity index (χ4v) is 5.15. The zero-order valence-corrected chi connectivity index (χ0v) is 14.6. The molecule has 1 aromatic rings. The van der Waals surface area contributed by atoms with Gasteiger partial charge >= 0.3 is 0 Å². The number of hydrogen-bond acceptors (Lipinski definition) is 5. The van der Waals surface area contributed by atoms with Gasteiger partial charge in [0.1, 0.15) is 6.07 Å². The van der Waals surface area contributed by atoms with Crippen LogP contribution in [0.2, 0.25) is 0 Å². The summed E-state index contributed by atoms with van der Waals surface area (Å²) in [6, 6.07) is 8.59. The molecule has 3 rings (SSSR count). The number of nitrogens with zero attached hydrogens (tertiary/aromatic N) is 3. The van der Waals surface area contributed by atoms with Crippen molar-refractivity contribution in [1.82, 2.24) is 0 Å². The van der Waals surface area contributed by atoms with E-state index < -0.39 is 5.41 Å². The first kappa shape index (κ1) is 16.3. The predicted octanol–water partition coefficient (Wildman–Crippen LogP) is 3.96. The second kappa shape index (κ2) is 5.82. The number of thiophene rings is 1. The molecule has 0 fully saturated rings. The molecular weight excluding hydrogens is 316 g/mol. The normalized spacial score (nSPS) is 25.0. The van der Waals surface area contributed by atoms with E-state index in [1.54, 1.807) is 11.3 Å². The van der Waals surface area contributed by atoms with Gasteiger partial charge in [0, 0.05) is 15.7 Å². The molecule has 120 valence electrons. The van der Waals surface area contributed by atoms with Gasteiger partial charge < -0.3 is 5.73 Å². The Hall–Kier alpha value is -2.55. The molecule has 4 nitrogen and oxygen atoms in total. The van der Waals surface area contributed by atoms with Crippen LogP contribution in [0.25, 0.3) is 0 Å². The van der Waals surface area contributed by atoms with Crippen molar-refractivity contribution < 1.29 is 0 Å². The third-order valence-electron chi connectivity index (χ3n) is 5.21. The Bertz CT molecular complexity index is 868. The van der Waals surface area contributed by atoms with Crippen molar-refractivity contribution in [3.63, 3.8) is 0 Å². The molecule has 2 N–H and O–H groups in total. The Kier molecular flexibility index (Phi) is 3.96. The highest BCUT2D eigenvalue weighted by Crippen LogP contribution is 2.56. The zero-order valence-electron chi connectivity index (χ0n) is 13.8. The van der Waals surface area contributed by atoms with Gasteiger partial charge in [-0.25, -0.2) is 0 Å². The van der Waals surface area contributed by atoms with E-state index >= 15 is 0 Å². The van der Waals surface area contributed by atoms with Gasteiger partial charge in [-0.1, -0.05) is 6.08 Å². The maximum atomic E-state index is 9.93. The lowest BCUT2D eigenvalue weighted by Gasteiger charge is -2.43. The second-order valence-electron chi connectivity index (χ2n) is 6.48. The highest BCUT2D eigenvalue weighted by atomic mass is 32.1. The molecule has 2 aliphatic carbocycles. The van der Waals surface area contributed by atoms with Crippen molar-refractivity contribution in [2.24, 2.45) is 17.1 Å². The van der Waals surface area contributed by atoms with Gasteiger partial charge in [0.2, 0.25) is 0 Å². The molecule has 24 heavy (non-hydrogen) atoms. The van der Waals surface area contributed by atoms with Crippen molar-refractivity contribution in [2.75, 3.05) is 0 Å². The highest BCUT2D eigenvalue weighted by Gasteiger charge is 2.54. The van der Waals surface area contributed by atoms with Gasteiger partial charge in [-0.2, -0.15) is 15.8 Å². The smallest absolute Gasteiger partial charge is 0.191 e. The van der Waals surface area contributed by atoms with E-state index in [1.807, 2.05) is 13.8 Å². The quantitative estimate of drug-likeness (QED) is 0.840. The largest absolute Gasteiger partial charge is 0.399 e. The average molecular weight is 334 g/mol. The topological polar surface area (TPSA) is 97.4 Å². The van der Waals surface area contributed by atoms with E-state index in [4.69, 9.17) is 5.73 Å². The van der Waals surface area contributed by atoms with Crippen molar-refractivity contribution in [2.45, 2.75) is 39.0 Å². The number of hydrogen-bond donors (Lipinski definition) is 1. The Morgan fingerprint density at radius 1 is 1.25 bits per heavy atom. The molecule has 1 heterocycles. The first-order chi connectivity index (χ1) is 11.5. The third kappa shape index (κ3) is 2.08. The fraction of sp³-hybridized carbons (Fsp3) is 0.421. The first-order valence-electron chi connectivity index (χ1n) is 8.00. The summed E-state index contributed by atoms with van der Waals surface area (Å²) < 4.78 is 0. The summed E-state index contributed by atoms with van der Waals surface area (Å²) in [5.41, 5.74) is 7.18. The summed E-state index contributed by atoms with van der Waals surface area (Å²) in [6.07, 6.45) is 4.84. The van der Waals surface area contributed by atoms with Crippen molar-refractivity contribution in [3.05, 3.63) is 44.3 Å². The van der Waals surface area contributed by atoms with E-state index in [2.05, 4.69) is 30.4 Å². The standard InChI is InChI=1S/C19H18N4S/c1-11-7-15(12(2)24-11)17-14-6-4-3-5-13(14)16(8-20)18(23)19(17,9-21)10-22/h5,7,14,17H,3-4,6,23H2,1-2H3. The number of rotatable bonds is 1. The molecule has 0 spiro atoms. The average Bonchev–Trinajstić information content (AvgIpc) is 2.92. The number of nitrogens with two attached hydrogens (primary N) is 1. The number of allylic oxidation sites excluding steroid dienone is 4. The number of aryl methyl sites for hydroxylation is 2. The fourth-order valence-electron chi connectivity index (χ4n) is 4.18. The third-order valence-corrected chi connectivity index (χ3v) is 6.20. The van der Waals surface area contributed by atoms with Gasteiger partial charge in [-0.15, -0.1) is 11.3 Å². The van der Waals surface area contributed by atoms with Gasteiger partial charge in [-0.3, -0.25) is 0 Å². The minimum absolute atomic E-state index is 0.00676. The molecule has 0 saturated carbocycles. The monoisotopic (exact) mass is 334 g/mol. The van der Waals surface area contributed by atoms with Crippen molar-refractivity contribution >= 4 is 11.3 Å². The van der Waals surface area contributed by atoms with E-state index in [9.17, 15) is 15.8 Å². The molecule has 0 radical (unpaired) electrons. The molecule has 2 aliphatic rings. The SMILES string of the molecule is Cc1cc(C2C3CCCC=C3C(C#N)=C(N)C2(C#N)C#N)c(C)s1. The molecule has 1 aromatic heterocycles.